The molecular formula is C13H30N2. The zero-order valence-electron chi connectivity index (χ0n) is 11.2. The first-order valence-corrected chi connectivity index (χ1v) is 6.39. The minimum atomic E-state index is 0.639. The first-order chi connectivity index (χ1) is 6.95. The summed E-state index contributed by atoms with van der Waals surface area (Å²) in [5.41, 5.74) is 5.62. The molecule has 0 rings (SSSR count). The third kappa shape index (κ3) is 8.88. The Bertz CT molecular complexity index is 145. The number of nitrogens with two attached hydrogens (primary N) is 1. The van der Waals surface area contributed by atoms with Crippen LogP contribution in [0.4, 0.5) is 0 Å². The Morgan fingerprint density at radius 3 is 2.00 bits per heavy atom. The molecule has 0 fully saturated rings. The average molecular weight is 214 g/mol. The van der Waals surface area contributed by atoms with Crippen molar-refractivity contribution in [2.75, 3.05) is 13.1 Å². The van der Waals surface area contributed by atoms with Gasteiger partial charge in [-0.25, -0.2) is 0 Å². The highest BCUT2D eigenvalue weighted by Gasteiger charge is 2.09. The summed E-state index contributed by atoms with van der Waals surface area (Å²) in [5.74, 6) is 2.17. The fourth-order valence-electron chi connectivity index (χ4n) is 2.06. The van der Waals surface area contributed by atoms with E-state index in [9.17, 15) is 0 Å². The molecule has 0 spiro atoms. The summed E-state index contributed by atoms with van der Waals surface area (Å²) in [5, 5.41) is 3.60. The van der Waals surface area contributed by atoms with Crippen molar-refractivity contribution in [1.29, 1.82) is 0 Å². The van der Waals surface area contributed by atoms with Crippen LogP contribution in [0.25, 0.3) is 0 Å². The van der Waals surface area contributed by atoms with Crippen LogP contribution in [0.2, 0.25) is 0 Å². The number of hydrogen-bond donors (Lipinski definition) is 2. The van der Waals surface area contributed by atoms with E-state index in [4.69, 9.17) is 5.73 Å². The second-order valence-electron chi connectivity index (χ2n) is 5.62. The molecule has 0 radical (unpaired) electrons. The van der Waals surface area contributed by atoms with Crippen LogP contribution in [0.5, 0.6) is 0 Å². The van der Waals surface area contributed by atoms with Crippen LogP contribution < -0.4 is 11.1 Å². The van der Waals surface area contributed by atoms with E-state index in [0.717, 1.165) is 24.9 Å². The lowest BCUT2D eigenvalue weighted by molar-refractivity contribution is 0.363. The van der Waals surface area contributed by atoms with E-state index in [1.165, 1.54) is 12.8 Å². The molecule has 0 saturated heterocycles. The third-order valence-electron chi connectivity index (χ3n) is 2.85. The highest BCUT2D eigenvalue weighted by molar-refractivity contribution is 4.67. The van der Waals surface area contributed by atoms with E-state index in [0.29, 0.717) is 12.0 Å². The van der Waals surface area contributed by atoms with Crippen molar-refractivity contribution in [1.82, 2.24) is 5.32 Å². The van der Waals surface area contributed by atoms with Crippen LogP contribution in [-0.2, 0) is 0 Å². The van der Waals surface area contributed by atoms with E-state index in [1.54, 1.807) is 0 Å². The monoisotopic (exact) mass is 214 g/mol. The molecule has 2 heteroatoms. The van der Waals surface area contributed by atoms with Gasteiger partial charge in [0, 0.05) is 6.04 Å². The van der Waals surface area contributed by atoms with Crippen molar-refractivity contribution < 1.29 is 0 Å². The number of hydrogen-bond acceptors (Lipinski definition) is 2. The van der Waals surface area contributed by atoms with E-state index < -0.39 is 0 Å². The first-order valence-electron chi connectivity index (χ1n) is 6.39. The molecule has 0 aliphatic rings. The number of rotatable bonds is 8. The predicted molar refractivity (Wildman–Crippen MR) is 68.9 cm³/mol. The molecule has 2 unspecified atom stereocenters. The summed E-state index contributed by atoms with van der Waals surface area (Å²) in [6.07, 6.45) is 2.50. The second-order valence-corrected chi connectivity index (χ2v) is 5.62. The van der Waals surface area contributed by atoms with Crippen LogP contribution in [0.1, 0.15) is 47.5 Å². The second kappa shape index (κ2) is 8.12. The Hall–Kier alpha value is -0.0800. The van der Waals surface area contributed by atoms with Crippen molar-refractivity contribution in [3.05, 3.63) is 0 Å². The SMILES string of the molecule is CC(C)CC(C)NCC(C)C[C@@H](C)CN. The van der Waals surface area contributed by atoms with Gasteiger partial charge in [-0.05, 0) is 50.6 Å². The Morgan fingerprint density at radius 2 is 1.53 bits per heavy atom. The third-order valence-corrected chi connectivity index (χ3v) is 2.85. The van der Waals surface area contributed by atoms with Gasteiger partial charge in [0.15, 0.2) is 0 Å². The highest BCUT2D eigenvalue weighted by atomic mass is 14.9. The van der Waals surface area contributed by atoms with Gasteiger partial charge in [-0.1, -0.05) is 27.7 Å². The van der Waals surface area contributed by atoms with Gasteiger partial charge >= 0.3 is 0 Å². The first kappa shape index (κ1) is 14.9. The Morgan fingerprint density at radius 1 is 0.933 bits per heavy atom. The van der Waals surface area contributed by atoms with E-state index >= 15 is 0 Å². The number of nitrogens with one attached hydrogen (secondary N) is 1. The minimum absolute atomic E-state index is 0.639. The molecular weight excluding hydrogens is 184 g/mol. The summed E-state index contributed by atoms with van der Waals surface area (Å²) in [7, 11) is 0. The molecule has 0 aliphatic heterocycles. The van der Waals surface area contributed by atoms with Gasteiger partial charge in [0.1, 0.15) is 0 Å². The average Bonchev–Trinajstić information content (AvgIpc) is 2.13. The molecule has 0 aliphatic carbocycles. The van der Waals surface area contributed by atoms with Crippen molar-refractivity contribution in [2.24, 2.45) is 23.5 Å². The largest absolute Gasteiger partial charge is 0.330 e. The van der Waals surface area contributed by atoms with Crippen molar-refractivity contribution in [3.8, 4) is 0 Å². The Labute approximate surface area is 96.0 Å². The molecule has 3 atom stereocenters. The van der Waals surface area contributed by atoms with Gasteiger partial charge in [0.2, 0.25) is 0 Å². The molecule has 0 aromatic rings. The van der Waals surface area contributed by atoms with Crippen LogP contribution in [0.15, 0.2) is 0 Å². The zero-order chi connectivity index (χ0) is 11.8. The maximum absolute atomic E-state index is 5.62. The lowest BCUT2D eigenvalue weighted by Crippen LogP contribution is -2.32. The fourth-order valence-corrected chi connectivity index (χ4v) is 2.06. The van der Waals surface area contributed by atoms with Crippen LogP contribution >= 0.6 is 0 Å². The fraction of sp³-hybridized carbons (Fsp3) is 1.00. The molecule has 15 heavy (non-hydrogen) atoms. The van der Waals surface area contributed by atoms with Gasteiger partial charge in [-0.2, -0.15) is 0 Å². The normalized spacial score (nSPS) is 17.8. The maximum atomic E-state index is 5.62. The van der Waals surface area contributed by atoms with Gasteiger partial charge in [0.25, 0.3) is 0 Å². The quantitative estimate of drug-likeness (QED) is 0.652. The molecule has 0 bridgehead atoms. The molecule has 2 nitrogen and oxygen atoms in total. The highest BCUT2D eigenvalue weighted by Crippen LogP contribution is 2.10. The molecule has 3 N–H and O–H groups in total. The maximum Gasteiger partial charge on any atom is 0.00412 e. The smallest absolute Gasteiger partial charge is 0.00412 e. The van der Waals surface area contributed by atoms with Crippen LogP contribution in [0.3, 0.4) is 0 Å². The Balaban J connectivity index is 3.56. The van der Waals surface area contributed by atoms with Crippen LogP contribution in [0, 0.1) is 17.8 Å². The van der Waals surface area contributed by atoms with Crippen molar-refractivity contribution >= 4 is 0 Å². The summed E-state index contributed by atoms with van der Waals surface area (Å²) in [6.45, 7) is 13.3. The van der Waals surface area contributed by atoms with Gasteiger partial charge < -0.3 is 11.1 Å². The lowest BCUT2D eigenvalue weighted by Gasteiger charge is -2.21. The van der Waals surface area contributed by atoms with Gasteiger partial charge in [-0.3, -0.25) is 0 Å². The predicted octanol–water partition coefficient (Wildman–Crippen LogP) is 2.63. The summed E-state index contributed by atoms with van der Waals surface area (Å²) < 4.78 is 0. The molecule has 0 aromatic heterocycles. The molecule has 92 valence electrons. The summed E-state index contributed by atoms with van der Waals surface area (Å²) in [6, 6.07) is 0.639. The molecule has 0 saturated carbocycles. The molecule has 0 aromatic carbocycles. The minimum Gasteiger partial charge on any atom is -0.330 e. The molecule has 0 heterocycles. The van der Waals surface area contributed by atoms with Crippen molar-refractivity contribution in [3.63, 3.8) is 0 Å². The zero-order valence-corrected chi connectivity index (χ0v) is 11.2. The van der Waals surface area contributed by atoms with Crippen molar-refractivity contribution in [2.45, 2.75) is 53.5 Å². The van der Waals surface area contributed by atoms with E-state index in [-0.39, 0.29) is 0 Å². The topological polar surface area (TPSA) is 38.0 Å². The standard InChI is InChI=1S/C13H30N2/c1-10(2)6-13(5)15-9-12(4)7-11(3)8-14/h10-13,15H,6-9,14H2,1-5H3/t11-,12?,13?/m1/s1. The molecule has 0 amide bonds. The van der Waals surface area contributed by atoms with Gasteiger partial charge in [-0.15, -0.1) is 0 Å². The summed E-state index contributed by atoms with van der Waals surface area (Å²) in [4.78, 5) is 0. The lowest BCUT2D eigenvalue weighted by atomic mass is 9.97. The summed E-state index contributed by atoms with van der Waals surface area (Å²) >= 11 is 0. The van der Waals surface area contributed by atoms with E-state index in [2.05, 4.69) is 39.9 Å². The van der Waals surface area contributed by atoms with E-state index in [1.807, 2.05) is 0 Å². The van der Waals surface area contributed by atoms with Crippen LogP contribution in [-0.4, -0.2) is 19.1 Å². The Kier molecular flexibility index (Phi) is 8.07. The van der Waals surface area contributed by atoms with Gasteiger partial charge in [0.05, 0.1) is 0 Å².